The summed E-state index contributed by atoms with van der Waals surface area (Å²) in [5.41, 5.74) is 2.09. The second-order valence-electron chi connectivity index (χ2n) is 7.98. The maximum Gasteiger partial charge on any atom is 0.250 e. The van der Waals surface area contributed by atoms with Gasteiger partial charge in [-0.25, -0.2) is 4.68 Å². The highest BCUT2D eigenvalue weighted by atomic mass is 35.5. The minimum Gasteiger partial charge on any atom is -0.464 e. The maximum absolute atomic E-state index is 13.8. The summed E-state index contributed by atoms with van der Waals surface area (Å²) in [7, 11) is 1.55. The molecule has 2 heterocycles. The number of benzene rings is 2. The Morgan fingerprint density at radius 2 is 1.91 bits per heavy atom. The molecule has 4 aromatic rings. The van der Waals surface area contributed by atoms with Crippen LogP contribution in [-0.2, 0) is 27.4 Å². The molecule has 2 aromatic carbocycles. The summed E-state index contributed by atoms with van der Waals surface area (Å²) in [6, 6.07) is 17.0. The van der Waals surface area contributed by atoms with Crippen molar-refractivity contribution in [2.45, 2.75) is 26.1 Å². The van der Waals surface area contributed by atoms with Gasteiger partial charge in [0.05, 0.1) is 12.1 Å². The lowest BCUT2D eigenvalue weighted by Crippen LogP contribution is -2.45. The molecule has 0 aliphatic heterocycles. The molecular formula is C25H26ClN5O4. The van der Waals surface area contributed by atoms with E-state index in [9.17, 15) is 9.59 Å². The number of aryl methyl sites for hydroxylation is 1. The number of carbonyl (C=O) groups is 2. The lowest BCUT2D eigenvalue weighted by Gasteiger charge is -2.30. The van der Waals surface area contributed by atoms with Gasteiger partial charge in [-0.05, 0) is 42.8 Å². The van der Waals surface area contributed by atoms with E-state index in [1.807, 2.05) is 42.5 Å². The van der Waals surface area contributed by atoms with Gasteiger partial charge in [0.2, 0.25) is 5.91 Å². The molecule has 35 heavy (non-hydrogen) atoms. The summed E-state index contributed by atoms with van der Waals surface area (Å²) in [4.78, 5) is 28.6. The van der Waals surface area contributed by atoms with E-state index in [0.717, 1.165) is 0 Å². The molecule has 2 amide bonds. The van der Waals surface area contributed by atoms with Crippen LogP contribution in [0.1, 0.15) is 23.1 Å². The van der Waals surface area contributed by atoms with E-state index in [1.54, 1.807) is 32.2 Å². The quantitative estimate of drug-likeness (QED) is 0.338. The van der Waals surface area contributed by atoms with Crippen molar-refractivity contribution >= 4 is 34.4 Å². The highest BCUT2D eigenvalue weighted by Gasteiger charge is 2.34. The first kappa shape index (κ1) is 24.4. The van der Waals surface area contributed by atoms with Gasteiger partial charge in [0.1, 0.15) is 23.6 Å². The zero-order valence-corrected chi connectivity index (χ0v) is 20.2. The average molecular weight is 496 g/mol. The molecule has 1 N–H and O–H groups in total. The lowest BCUT2D eigenvalue weighted by molar-refractivity contribution is -0.143. The van der Waals surface area contributed by atoms with Crippen molar-refractivity contribution in [3.05, 3.63) is 82.8 Å². The molecule has 9 nitrogen and oxygen atoms in total. The Bertz CT molecular complexity index is 1320. The number of methoxy groups -OCH3 is 1. The number of rotatable bonds is 10. The van der Waals surface area contributed by atoms with Crippen LogP contribution in [0.25, 0.3) is 11.0 Å². The van der Waals surface area contributed by atoms with Crippen LogP contribution < -0.4 is 5.32 Å². The third-order valence-electron chi connectivity index (χ3n) is 5.52. The van der Waals surface area contributed by atoms with E-state index in [0.29, 0.717) is 39.7 Å². The van der Waals surface area contributed by atoms with E-state index < -0.39 is 6.04 Å². The minimum absolute atomic E-state index is 0.0905. The molecule has 0 bridgehead atoms. The number of para-hydroxylation sites is 1. The summed E-state index contributed by atoms with van der Waals surface area (Å²) >= 11 is 6.42. The van der Waals surface area contributed by atoms with Gasteiger partial charge < -0.3 is 19.4 Å². The van der Waals surface area contributed by atoms with Crippen molar-refractivity contribution in [1.29, 1.82) is 0 Å². The molecule has 4 rings (SSSR count). The molecule has 2 aromatic heterocycles. The maximum atomic E-state index is 13.8. The SMILES string of the molecule is COCCNC(=O)[C@@H](c1ccc(C)o1)N(Cc1ccccc1Cl)C(=O)Cn1nnc2ccccc21. The normalized spacial score (nSPS) is 12.0. The number of ether oxygens (including phenoxy) is 1. The Morgan fingerprint density at radius 1 is 1.14 bits per heavy atom. The fourth-order valence-corrected chi connectivity index (χ4v) is 3.98. The Hall–Kier alpha value is -3.69. The highest BCUT2D eigenvalue weighted by Crippen LogP contribution is 2.28. The van der Waals surface area contributed by atoms with E-state index in [1.165, 1.54) is 9.58 Å². The number of hydrogen-bond donors (Lipinski definition) is 1. The van der Waals surface area contributed by atoms with Gasteiger partial charge in [0, 0.05) is 25.2 Å². The van der Waals surface area contributed by atoms with Crippen molar-refractivity contribution in [3.8, 4) is 0 Å². The zero-order chi connectivity index (χ0) is 24.8. The van der Waals surface area contributed by atoms with Crippen LogP contribution in [0, 0.1) is 6.92 Å². The van der Waals surface area contributed by atoms with Gasteiger partial charge >= 0.3 is 0 Å². The number of hydrogen-bond acceptors (Lipinski definition) is 6. The van der Waals surface area contributed by atoms with Crippen molar-refractivity contribution in [2.24, 2.45) is 0 Å². The van der Waals surface area contributed by atoms with Crippen LogP contribution in [0.4, 0.5) is 0 Å². The number of nitrogens with one attached hydrogen (secondary N) is 1. The van der Waals surface area contributed by atoms with Crippen molar-refractivity contribution in [2.75, 3.05) is 20.3 Å². The number of halogens is 1. The Morgan fingerprint density at radius 3 is 2.66 bits per heavy atom. The van der Waals surface area contributed by atoms with Crippen LogP contribution in [-0.4, -0.2) is 52.0 Å². The van der Waals surface area contributed by atoms with Crippen molar-refractivity contribution in [1.82, 2.24) is 25.2 Å². The summed E-state index contributed by atoms with van der Waals surface area (Å²) in [6.07, 6.45) is 0. The third kappa shape index (κ3) is 5.70. The minimum atomic E-state index is -1.03. The Balaban J connectivity index is 1.72. The first-order valence-electron chi connectivity index (χ1n) is 11.1. The fraction of sp³-hybridized carbons (Fsp3) is 0.280. The molecule has 1 atom stereocenters. The van der Waals surface area contributed by atoms with Crippen LogP contribution in [0.2, 0.25) is 5.02 Å². The van der Waals surface area contributed by atoms with E-state index in [2.05, 4.69) is 15.6 Å². The first-order valence-corrected chi connectivity index (χ1v) is 11.5. The molecule has 0 aliphatic rings. The van der Waals surface area contributed by atoms with E-state index >= 15 is 0 Å². The van der Waals surface area contributed by atoms with Gasteiger partial charge in [-0.1, -0.05) is 47.1 Å². The summed E-state index contributed by atoms with van der Waals surface area (Å²) in [5.74, 6) is 0.241. The first-order chi connectivity index (χ1) is 17.0. The highest BCUT2D eigenvalue weighted by molar-refractivity contribution is 6.31. The number of aromatic nitrogens is 3. The molecule has 0 fully saturated rings. The average Bonchev–Trinajstić information content (AvgIpc) is 3.46. The number of amides is 2. The van der Waals surface area contributed by atoms with Gasteiger partial charge in [0.25, 0.3) is 5.91 Å². The van der Waals surface area contributed by atoms with Crippen molar-refractivity contribution < 1.29 is 18.7 Å². The van der Waals surface area contributed by atoms with Crippen LogP contribution >= 0.6 is 11.6 Å². The summed E-state index contributed by atoms with van der Waals surface area (Å²) in [5, 5.41) is 11.6. The topological polar surface area (TPSA) is 102 Å². The largest absolute Gasteiger partial charge is 0.464 e. The van der Waals surface area contributed by atoms with E-state index in [4.69, 9.17) is 20.8 Å². The molecule has 182 valence electrons. The monoisotopic (exact) mass is 495 g/mol. The number of carbonyl (C=O) groups excluding carboxylic acids is 2. The molecule has 0 unspecified atom stereocenters. The van der Waals surface area contributed by atoms with Crippen LogP contribution in [0.15, 0.2) is 65.1 Å². The second-order valence-corrected chi connectivity index (χ2v) is 8.39. The van der Waals surface area contributed by atoms with E-state index in [-0.39, 0.29) is 31.4 Å². The Kier molecular flexibility index (Phi) is 7.79. The molecule has 10 heteroatoms. The molecule has 0 saturated heterocycles. The van der Waals surface area contributed by atoms with Gasteiger partial charge in [0.15, 0.2) is 6.04 Å². The number of nitrogens with zero attached hydrogens (tertiary/aromatic N) is 4. The van der Waals surface area contributed by atoms with Crippen LogP contribution in [0.5, 0.6) is 0 Å². The molecule has 0 aliphatic carbocycles. The molecule has 0 spiro atoms. The summed E-state index contributed by atoms with van der Waals surface area (Å²) < 4.78 is 12.4. The van der Waals surface area contributed by atoms with Gasteiger partial charge in [-0.15, -0.1) is 5.10 Å². The number of fused-ring (bicyclic) bond motifs is 1. The lowest BCUT2D eigenvalue weighted by atomic mass is 10.1. The van der Waals surface area contributed by atoms with Crippen LogP contribution in [0.3, 0.4) is 0 Å². The predicted molar refractivity (Wildman–Crippen MR) is 131 cm³/mol. The smallest absolute Gasteiger partial charge is 0.250 e. The second kappa shape index (κ2) is 11.2. The summed E-state index contributed by atoms with van der Waals surface area (Å²) in [6.45, 7) is 2.37. The zero-order valence-electron chi connectivity index (χ0n) is 19.5. The molecule has 0 saturated carbocycles. The van der Waals surface area contributed by atoms with Crippen molar-refractivity contribution in [3.63, 3.8) is 0 Å². The molecule has 0 radical (unpaired) electrons. The molecular weight excluding hydrogens is 470 g/mol. The van der Waals surface area contributed by atoms with Gasteiger partial charge in [-0.3, -0.25) is 9.59 Å². The van der Waals surface area contributed by atoms with Gasteiger partial charge in [-0.2, -0.15) is 0 Å². The fourth-order valence-electron chi connectivity index (χ4n) is 3.78. The standard InChI is InChI=1S/C25H26ClN5O4/c1-17-11-12-22(35-17)24(25(33)27-13-14-34-2)30(15-18-7-3-4-8-19(18)26)23(32)16-31-21-10-6-5-9-20(21)28-29-31/h3-12,24H,13-16H2,1-2H3,(H,27,33)/t24-/m1/s1. The third-order valence-corrected chi connectivity index (χ3v) is 5.89. The number of furan rings is 1. The predicted octanol–water partition coefficient (Wildman–Crippen LogP) is 3.52. The Labute approximate surface area is 207 Å².